The van der Waals surface area contributed by atoms with Crippen LogP contribution in [0.4, 0.5) is 13.2 Å². The van der Waals surface area contributed by atoms with Gasteiger partial charge in [0.1, 0.15) is 0 Å². The second-order valence-corrected chi connectivity index (χ2v) is 7.82. The van der Waals surface area contributed by atoms with Gasteiger partial charge in [0.05, 0.1) is 5.56 Å². The number of rotatable bonds is 6. The van der Waals surface area contributed by atoms with E-state index in [9.17, 15) is 18.0 Å². The lowest BCUT2D eigenvalue weighted by molar-refractivity contribution is -0.137. The van der Waals surface area contributed by atoms with Crippen molar-refractivity contribution in [3.05, 3.63) is 35.4 Å². The highest BCUT2D eigenvalue weighted by molar-refractivity contribution is 5.76. The fraction of sp³-hybridized carbons (Fsp3) is 0.650. The number of hydrogen-bond acceptors (Lipinski definition) is 2. The Bertz CT molecular complexity index is 620. The molecule has 1 aliphatic heterocycles. The molecule has 1 atom stereocenters. The molecule has 1 saturated heterocycles. The molecule has 0 unspecified atom stereocenters. The molecule has 1 N–H and O–H groups in total. The van der Waals surface area contributed by atoms with Gasteiger partial charge in [-0.3, -0.25) is 9.69 Å². The van der Waals surface area contributed by atoms with Gasteiger partial charge in [0.15, 0.2) is 0 Å². The number of nitrogens with one attached hydrogen (secondary N) is 1. The molecule has 3 rings (SSSR count). The van der Waals surface area contributed by atoms with E-state index in [0.29, 0.717) is 30.4 Å². The fourth-order valence-electron chi connectivity index (χ4n) is 3.74. The van der Waals surface area contributed by atoms with E-state index in [4.69, 9.17) is 0 Å². The van der Waals surface area contributed by atoms with Crippen LogP contribution in [0.3, 0.4) is 0 Å². The van der Waals surface area contributed by atoms with E-state index in [1.54, 1.807) is 6.07 Å². The van der Waals surface area contributed by atoms with Gasteiger partial charge in [-0.15, -0.1) is 0 Å². The molecular weight excluding hydrogens is 341 g/mol. The zero-order chi connectivity index (χ0) is 18.7. The smallest absolute Gasteiger partial charge is 0.353 e. The third-order valence-corrected chi connectivity index (χ3v) is 5.56. The molecule has 1 aromatic carbocycles. The SMILES string of the molecule is C[C@H](NC(=O)CC1CCN(Cc2cccc(C(F)(F)F)c2)CC1)C1CC1. The van der Waals surface area contributed by atoms with Gasteiger partial charge in [-0.2, -0.15) is 13.2 Å². The molecule has 1 amide bonds. The lowest BCUT2D eigenvalue weighted by Gasteiger charge is -2.32. The Labute approximate surface area is 152 Å². The quantitative estimate of drug-likeness (QED) is 0.815. The van der Waals surface area contributed by atoms with E-state index >= 15 is 0 Å². The van der Waals surface area contributed by atoms with Crippen LogP contribution in [0.1, 0.15) is 50.2 Å². The van der Waals surface area contributed by atoms with Crippen LogP contribution in [0.15, 0.2) is 24.3 Å². The van der Waals surface area contributed by atoms with Crippen molar-refractivity contribution in [3.8, 4) is 0 Å². The summed E-state index contributed by atoms with van der Waals surface area (Å²) in [6.07, 6.45) is 0.543. The summed E-state index contributed by atoms with van der Waals surface area (Å²) in [4.78, 5) is 14.3. The molecule has 2 aliphatic rings. The molecule has 6 heteroatoms. The molecule has 1 saturated carbocycles. The Balaban J connectivity index is 1.43. The first kappa shape index (κ1) is 19.2. The maximum Gasteiger partial charge on any atom is 0.416 e. The van der Waals surface area contributed by atoms with Crippen molar-refractivity contribution < 1.29 is 18.0 Å². The van der Waals surface area contributed by atoms with Gasteiger partial charge in [0.25, 0.3) is 0 Å². The maximum atomic E-state index is 12.8. The first-order chi connectivity index (χ1) is 12.3. The lowest BCUT2D eigenvalue weighted by Crippen LogP contribution is -2.38. The van der Waals surface area contributed by atoms with Crippen molar-refractivity contribution >= 4 is 5.91 Å². The van der Waals surface area contributed by atoms with E-state index in [2.05, 4.69) is 17.1 Å². The minimum atomic E-state index is -4.30. The van der Waals surface area contributed by atoms with Crippen LogP contribution in [0.2, 0.25) is 0 Å². The zero-order valence-corrected chi connectivity index (χ0v) is 15.2. The fourth-order valence-corrected chi connectivity index (χ4v) is 3.74. The first-order valence-corrected chi connectivity index (χ1v) is 9.49. The number of hydrogen-bond donors (Lipinski definition) is 1. The summed E-state index contributed by atoms with van der Waals surface area (Å²) < 4.78 is 38.4. The van der Waals surface area contributed by atoms with Crippen molar-refractivity contribution in [3.63, 3.8) is 0 Å². The molecule has 0 radical (unpaired) electrons. The Hall–Kier alpha value is -1.56. The summed E-state index contributed by atoms with van der Waals surface area (Å²) in [5.74, 6) is 1.17. The van der Waals surface area contributed by atoms with E-state index in [-0.39, 0.29) is 11.9 Å². The minimum absolute atomic E-state index is 0.140. The molecule has 2 fully saturated rings. The van der Waals surface area contributed by atoms with Crippen molar-refractivity contribution in [2.45, 2.75) is 57.8 Å². The maximum absolute atomic E-state index is 12.8. The van der Waals surface area contributed by atoms with Crippen molar-refractivity contribution in [2.24, 2.45) is 11.8 Å². The van der Waals surface area contributed by atoms with Crippen LogP contribution in [0, 0.1) is 11.8 Å². The average Bonchev–Trinajstić information content (AvgIpc) is 3.41. The van der Waals surface area contributed by atoms with Crippen LogP contribution in [-0.4, -0.2) is 29.9 Å². The second kappa shape index (κ2) is 7.99. The number of halogens is 3. The molecule has 0 bridgehead atoms. The molecule has 0 aromatic heterocycles. The number of nitrogens with zero attached hydrogens (tertiary/aromatic N) is 1. The van der Waals surface area contributed by atoms with E-state index in [1.807, 2.05) is 0 Å². The normalized spacial score (nSPS) is 20.8. The molecule has 3 nitrogen and oxygen atoms in total. The van der Waals surface area contributed by atoms with E-state index < -0.39 is 11.7 Å². The number of alkyl halides is 3. The second-order valence-electron chi connectivity index (χ2n) is 7.82. The molecule has 26 heavy (non-hydrogen) atoms. The summed E-state index contributed by atoms with van der Waals surface area (Å²) in [6.45, 7) is 4.26. The van der Waals surface area contributed by atoms with Crippen molar-refractivity contribution in [1.82, 2.24) is 10.2 Å². The average molecular weight is 368 g/mol. The Morgan fingerprint density at radius 3 is 2.54 bits per heavy atom. The van der Waals surface area contributed by atoms with Gasteiger partial charge in [-0.1, -0.05) is 18.2 Å². The van der Waals surface area contributed by atoms with Crippen LogP contribution in [0.25, 0.3) is 0 Å². The number of piperidine rings is 1. The Morgan fingerprint density at radius 2 is 1.92 bits per heavy atom. The van der Waals surface area contributed by atoms with Crippen LogP contribution in [0.5, 0.6) is 0 Å². The molecule has 144 valence electrons. The van der Waals surface area contributed by atoms with E-state index in [1.165, 1.54) is 25.0 Å². The largest absolute Gasteiger partial charge is 0.416 e. The third kappa shape index (κ3) is 5.47. The van der Waals surface area contributed by atoms with E-state index in [0.717, 1.165) is 32.0 Å². The molecule has 0 spiro atoms. The summed E-state index contributed by atoms with van der Waals surface area (Å²) in [5, 5.41) is 3.10. The standard InChI is InChI=1S/C20H27F3N2O/c1-14(17-5-6-17)24-19(26)12-15-7-9-25(10-8-15)13-16-3-2-4-18(11-16)20(21,22)23/h2-4,11,14-15,17H,5-10,12-13H2,1H3,(H,24,26)/t14-/m0/s1. The first-order valence-electron chi connectivity index (χ1n) is 9.49. The molecule has 1 aromatic rings. The topological polar surface area (TPSA) is 32.3 Å². The third-order valence-electron chi connectivity index (χ3n) is 5.56. The number of benzene rings is 1. The summed E-state index contributed by atoms with van der Waals surface area (Å²) in [7, 11) is 0. The number of carbonyl (C=O) groups is 1. The number of likely N-dealkylation sites (tertiary alicyclic amines) is 1. The summed E-state index contributed by atoms with van der Waals surface area (Å²) >= 11 is 0. The molecule has 1 heterocycles. The lowest BCUT2D eigenvalue weighted by atomic mass is 9.92. The predicted octanol–water partition coefficient (Wildman–Crippen LogP) is 4.22. The Kier molecular flexibility index (Phi) is 5.90. The van der Waals surface area contributed by atoms with Crippen LogP contribution in [-0.2, 0) is 17.5 Å². The highest BCUT2D eigenvalue weighted by atomic mass is 19.4. The van der Waals surface area contributed by atoms with Gasteiger partial charge in [-0.25, -0.2) is 0 Å². The Morgan fingerprint density at radius 1 is 1.23 bits per heavy atom. The minimum Gasteiger partial charge on any atom is -0.353 e. The summed E-state index contributed by atoms with van der Waals surface area (Å²) in [5.41, 5.74) is 0.0978. The number of amides is 1. The number of carbonyl (C=O) groups excluding carboxylic acids is 1. The molecule has 1 aliphatic carbocycles. The van der Waals surface area contributed by atoms with Crippen LogP contribution < -0.4 is 5.32 Å². The highest BCUT2D eigenvalue weighted by Gasteiger charge is 2.31. The highest BCUT2D eigenvalue weighted by Crippen LogP contribution is 2.33. The van der Waals surface area contributed by atoms with Gasteiger partial charge < -0.3 is 5.32 Å². The van der Waals surface area contributed by atoms with Gasteiger partial charge in [0, 0.05) is 19.0 Å². The predicted molar refractivity (Wildman–Crippen MR) is 94.4 cm³/mol. The van der Waals surface area contributed by atoms with Crippen molar-refractivity contribution in [2.75, 3.05) is 13.1 Å². The van der Waals surface area contributed by atoms with Crippen LogP contribution >= 0.6 is 0 Å². The zero-order valence-electron chi connectivity index (χ0n) is 15.2. The monoisotopic (exact) mass is 368 g/mol. The van der Waals surface area contributed by atoms with Crippen molar-refractivity contribution in [1.29, 1.82) is 0 Å². The van der Waals surface area contributed by atoms with Gasteiger partial charge >= 0.3 is 6.18 Å². The summed E-state index contributed by atoms with van der Waals surface area (Å²) in [6, 6.07) is 5.84. The molecular formula is C20H27F3N2O. The van der Waals surface area contributed by atoms with Gasteiger partial charge in [0.2, 0.25) is 5.91 Å². The van der Waals surface area contributed by atoms with Gasteiger partial charge in [-0.05, 0) is 69.2 Å².